The molecule has 4 atom stereocenters. The summed E-state index contributed by atoms with van der Waals surface area (Å²) in [4.78, 5) is 53.1. The van der Waals surface area contributed by atoms with Crippen molar-refractivity contribution in [3.8, 4) is 11.5 Å². The Bertz CT molecular complexity index is 1680. The second-order valence-corrected chi connectivity index (χ2v) is 13.7. The second-order valence-electron chi connectivity index (χ2n) is 13.2. The summed E-state index contributed by atoms with van der Waals surface area (Å²) < 4.78 is 56.4. The fourth-order valence-electron chi connectivity index (χ4n) is 4.97. The van der Waals surface area contributed by atoms with Crippen LogP contribution in [0, 0.1) is 5.92 Å². The molecule has 3 aromatic rings. The van der Waals surface area contributed by atoms with Crippen LogP contribution in [0.5, 0.6) is 11.5 Å². The van der Waals surface area contributed by atoms with Crippen molar-refractivity contribution < 1.29 is 51.7 Å². The number of hydrogen-bond acceptors (Lipinski definition) is 8. The molecule has 0 saturated carbocycles. The smallest absolute Gasteiger partial charge is 0.416 e. The molecule has 0 heterocycles. The average molecular weight is 750 g/mol. The fraction of sp³-hybridized carbons (Fsp3) is 0.405. The van der Waals surface area contributed by atoms with Gasteiger partial charge in [-0.3, -0.25) is 14.4 Å². The molecule has 0 aliphatic carbocycles. The van der Waals surface area contributed by atoms with Crippen LogP contribution in [0.25, 0.3) is 0 Å². The first-order valence-electron chi connectivity index (χ1n) is 16.3. The number of alkyl halides is 3. The second kappa shape index (κ2) is 18.1. The van der Waals surface area contributed by atoms with E-state index in [0.29, 0.717) is 16.3 Å². The van der Waals surface area contributed by atoms with Crippen LogP contribution in [0.15, 0.2) is 72.8 Å². The number of carbonyl (C=O) groups is 4. The number of ether oxygens (including phenoxy) is 3. The van der Waals surface area contributed by atoms with Gasteiger partial charge < -0.3 is 35.3 Å². The molecule has 0 radical (unpaired) electrons. The van der Waals surface area contributed by atoms with Gasteiger partial charge in [0.05, 0.1) is 13.2 Å². The minimum absolute atomic E-state index is 0.0897. The molecule has 3 rings (SSSR count). The lowest BCUT2D eigenvalue weighted by molar-refractivity contribution is -0.215. The highest BCUT2D eigenvalue weighted by molar-refractivity contribution is 6.30. The zero-order valence-corrected chi connectivity index (χ0v) is 30.3. The highest BCUT2D eigenvalue weighted by Crippen LogP contribution is 2.27. The standard InChI is InChI=1S/C37H43ClF3N3O8/c1-21(2)30(32(46)37(39,40)41)43-35(49)31(23-10-14-26(50-6)15-11-23)44-34(48)28(19-22-8-7-9-25(38)18-22)42-33(47)24-12-16-27(17-13-24)51-20-29(45)52-36(3,4)5/h7-18,21,28,30-32,46H,19-20H2,1-6H3,(H,42,47)(H,43,49)(H,44,48)/t28-,30-,31-,32-/m0/s1. The number of hydrogen-bond donors (Lipinski definition) is 4. The van der Waals surface area contributed by atoms with E-state index in [1.165, 1.54) is 69.5 Å². The van der Waals surface area contributed by atoms with Crippen molar-refractivity contribution in [1.82, 2.24) is 16.0 Å². The predicted octanol–water partition coefficient (Wildman–Crippen LogP) is 5.33. The van der Waals surface area contributed by atoms with Gasteiger partial charge in [0.15, 0.2) is 12.7 Å². The van der Waals surface area contributed by atoms with Crippen molar-refractivity contribution >= 4 is 35.3 Å². The minimum Gasteiger partial charge on any atom is -0.497 e. The molecule has 0 saturated heterocycles. The maximum absolute atomic E-state index is 14.0. The Hall–Kier alpha value is -4.82. The van der Waals surface area contributed by atoms with Gasteiger partial charge in [0.1, 0.15) is 29.2 Å². The summed E-state index contributed by atoms with van der Waals surface area (Å²) in [5.74, 6) is -3.30. The van der Waals surface area contributed by atoms with Gasteiger partial charge >= 0.3 is 12.1 Å². The SMILES string of the molecule is COc1ccc([C@H](NC(=O)[C@H](Cc2cccc(Cl)c2)NC(=O)c2ccc(OCC(=O)OC(C)(C)C)cc2)C(=O)N[C@@H](C(C)C)[C@H](O)C(F)(F)F)cc1. The van der Waals surface area contributed by atoms with Crippen molar-refractivity contribution in [3.63, 3.8) is 0 Å². The summed E-state index contributed by atoms with van der Waals surface area (Å²) in [5, 5.41) is 17.9. The number of methoxy groups -OCH3 is 1. The number of aliphatic hydroxyl groups is 1. The number of rotatable bonds is 15. The van der Waals surface area contributed by atoms with Gasteiger partial charge in [-0.15, -0.1) is 0 Å². The summed E-state index contributed by atoms with van der Waals surface area (Å²) >= 11 is 6.17. The molecule has 0 bridgehead atoms. The Balaban J connectivity index is 1.89. The lowest BCUT2D eigenvalue weighted by atomic mass is 9.96. The van der Waals surface area contributed by atoms with Gasteiger partial charge in [0, 0.05) is 17.0 Å². The number of esters is 1. The largest absolute Gasteiger partial charge is 0.497 e. The van der Waals surface area contributed by atoms with E-state index in [1.54, 1.807) is 45.0 Å². The molecule has 0 fully saturated rings. The molecule has 0 aliphatic rings. The molecule has 4 N–H and O–H groups in total. The van der Waals surface area contributed by atoms with Crippen molar-refractivity contribution in [1.29, 1.82) is 0 Å². The first-order valence-corrected chi connectivity index (χ1v) is 16.6. The quantitative estimate of drug-likeness (QED) is 0.152. The van der Waals surface area contributed by atoms with Crippen LogP contribution in [-0.2, 0) is 25.5 Å². The van der Waals surface area contributed by atoms with Gasteiger partial charge in [0.25, 0.3) is 5.91 Å². The molecule has 3 aromatic carbocycles. The third-order valence-electron chi connectivity index (χ3n) is 7.54. The summed E-state index contributed by atoms with van der Waals surface area (Å²) in [6.07, 6.45) is -8.00. The first kappa shape index (κ1) is 41.6. The summed E-state index contributed by atoms with van der Waals surface area (Å²) in [6, 6.07) is 13.6. The van der Waals surface area contributed by atoms with E-state index in [2.05, 4.69) is 16.0 Å². The molecule has 3 amide bonds. The molecule has 52 heavy (non-hydrogen) atoms. The molecule has 282 valence electrons. The number of benzene rings is 3. The van der Waals surface area contributed by atoms with Gasteiger partial charge in [-0.2, -0.15) is 13.2 Å². The monoisotopic (exact) mass is 749 g/mol. The van der Waals surface area contributed by atoms with Gasteiger partial charge in [-0.1, -0.05) is 49.7 Å². The van der Waals surface area contributed by atoms with E-state index in [9.17, 15) is 37.5 Å². The van der Waals surface area contributed by atoms with Gasteiger partial charge in [-0.25, -0.2) is 4.79 Å². The molecule has 15 heteroatoms. The van der Waals surface area contributed by atoms with Crippen LogP contribution in [0.1, 0.15) is 62.1 Å². The Morgan fingerprint density at radius 3 is 2.00 bits per heavy atom. The summed E-state index contributed by atoms with van der Waals surface area (Å²) in [5.41, 5.74) is 0.169. The van der Waals surface area contributed by atoms with Crippen molar-refractivity contribution in [3.05, 3.63) is 94.5 Å². The number of nitrogens with one attached hydrogen (secondary N) is 3. The van der Waals surface area contributed by atoms with Crippen LogP contribution in [0.4, 0.5) is 13.2 Å². The van der Waals surface area contributed by atoms with Crippen LogP contribution in [0.3, 0.4) is 0 Å². The van der Waals surface area contributed by atoms with E-state index < -0.39 is 65.6 Å². The fourth-order valence-corrected chi connectivity index (χ4v) is 5.18. The third-order valence-corrected chi connectivity index (χ3v) is 7.78. The van der Waals surface area contributed by atoms with Gasteiger partial charge in [0.2, 0.25) is 11.8 Å². The number of carbonyl (C=O) groups excluding carboxylic acids is 4. The highest BCUT2D eigenvalue weighted by atomic mass is 35.5. The Kier molecular flexibility index (Phi) is 14.5. The van der Waals surface area contributed by atoms with Crippen LogP contribution in [0.2, 0.25) is 5.02 Å². The van der Waals surface area contributed by atoms with E-state index in [1.807, 2.05) is 0 Å². The molecular formula is C37H43ClF3N3O8. The topological polar surface area (TPSA) is 152 Å². The number of amides is 3. The Labute approximate surface area is 305 Å². The normalized spacial score (nSPS) is 14.0. The van der Waals surface area contributed by atoms with E-state index in [0.717, 1.165) is 0 Å². The summed E-state index contributed by atoms with van der Waals surface area (Å²) in [7, 11) is 1.42. The lowest BCUT2D eigenvalue weighted by Crippen LogP contribution is -2.56. The summed E-state index contributed by atoms with van der Waals surface area (Å²) in [6.45, 7) is 7.60. The maximum Gasteiger partial charge on any atom is 0.416 e. The number of aliphatic hydroxyl groups excluding tert-OH is 1. The molecule has 11 nitrogen and oxygen atoms in total. The predicted molar refractivity (Wildman–Crippen MR) is 187 cm³/mol. The van der Waals surface area contributed by atoms with Crippen molar-refractivity contribution in [2.24, 2.45) is 5.92 Å². The molecule has 0 aliphatic heterocycles. The van der Waals surface area contributed by atoms with E-state index in [4.69, 9.17) is 25.8 Å². The molecular weight excluding hydrogens is 707 g/mol. The maximum atomic E-state index is 14.0. The van der Waals surface area contributed by atoms with E-state index in [-0.39, 0.29) is 29.9 Å². The lowest BCUT2D eigenvalue weighted by Gasteiger charge is -2.31. The average Bonchev–Trinajstić information content (AvgIpc) is 3.06. The van der Waals surface area contributed by atoms with Crippen LogP contribution < -0.4 is 25.4 Å². The van der Waals surface area contributed by atoms with Crippen molar-refractivity contribution in [2.75, 3.05) is 13.7 Å². The first-order chi connectivity index (χ1) is 24.3. The Morgan fingerprint density at radius 2 is 1.46 bits per heavy atom. The van der Waals surface area contributed by atoms with Gasteiger partial charge in [-0.05, 0) is 86.3 Å². The minimum atomic E-state index is -5.03. The molecule has 0 aromatic heterocycles. The molecule has 0 unspecified atom stereocenters. The zero-order valence-electron chi connectivity index (χ0n) is 29.5. The van der Waals surface area contributed by atoms with Crippen LogP contribution >= 0.6 is 11.6 Å². The van der Waals surface area contributed by atoms with Crippen molar-refractivity contribution in [2.45, 2.75) is 77.0 Å². The zero-order chi connectivity index (χ0) is 38.8. The Morgan fingerprint density at radius 1 is 0.846 bits per heavy atom. The number of halogens is 4. The van der Waals surface area contributed by atoms with Crippen LogP contribution in [-0.4, -0.2) is 72.5 Å². The van der Waals surface area contributed by atoms with E-state index >= 15 is 0 Å². The highest BCUT2D eigenvalue weighted by Gasteiger charge is 2.46. The third kappa shape index (κ3) is 12.7. The molecule has 0 spiro atoms.